The van der Waals surface area contributed by atoms with Gasteiger partial charge in [0.25, 0.3) is 5.91 Å². The van der Waals surface area contributed by atoms with Gasteiger partial charge in [-0.3, -0.25) is 9.59 Å². The van der Waals surface area contributed by atoms with Gasteiger partial charge in [-0.2, -0.15) is 0 Å². The van der Waals surface area contributed by atoms with Crippen LogP contribution in [0.2, 0.25) is 5.02 Å². The van der Waals surface area contributed by atoms with Crippen molar-refractivity contribution in [2.24, 2.45) is 7.05 Å². The van der Waals surface area contributed by atoms with Gasteiger partial charge in [-0.1, -0.05) is 53.7 Å². The molecule has 0 saturated carbocycles. The first-order valence-electron chi connectivity index (χ1n) is 9.29. The fraction of sp³-hybridized carbons (Fsp3) is 0.238. The minimum atomic E-state index is -0.388. The Morgan fingerprint density at radius 3 is 2.57 bits per heavy atom. The molecule has 0 saturated heterocycles. The average molecular weight is 444 g/mol. The third-order valence-corrected chi connectivity index (χ3v) is 5.82. The first-order chi connectivity index (χ1) is 14.4. The van der Waals surface area contributed by atoms with Crippen LogP contribution in [0.15, 0.2) is 53.7 Å². The SMILES string of the molecule is Cc1ccccc1NC(=O)CSc1nnc([C@H](C)NC(=O)c2ccccc2Cl)n1C. The number of aryl methyl sites for hydroxylation is 1. The highest BCUT2D eigenvalue weighted by Gasteiger charge is 2.20. The number of hydrogen-bond donors (Lipinski definition) is 2. The van der Waals surface area contributed by atoms with Crippen LogP contribution >= 0.6 is 23.4 Å². The zero-order valence-electron chi connectivity index (χ0n) is 16.8. The normalized spacial score (nSPS) is 11.7. The molecular formula is C21H22ClN5O2S. The van der Waals surface area contributed by atoms with E-state index in [1.807, 2.05) is 38.1 Å². The Morgan fingerprint density at radius 1 is 1.13 bits per heavy atom. The van der Waals surface area contributed by atoms with Crippen LogP contribution < -0.4 is 10.6 Å². The summed E-state index contributed by atoms with van der Waals surface area (Å²) in [5.41, 5.74) is 2.19. The number of rotatable bonds is 7. The highest BCUT2D eigenvalue weighted by molar-refractivity contribution is 7.99. The molecule has 0 aliphatic heterocycles. The number of anilines is 1. The molecule has 9 heteroatoms. The van der Waals surface area contributed by atoms with Crippen LogP contribution in [0.1, 0.15) is 34.7 Å². The van der Waals surface area contributed by atoms with Crippen molar-refractivity contribution in [2.75, 3.05) is 11.1 Å². The summed E-state index contributed by atoms with van der Waals surface area (Å²) in [6.45, 7) is 3.76. The Morgan fingerprint density at radius 2 is 1.83 bits per heavy atom. The van der Waals surface area contributed by atoms with E-state index in [2.05, 4.69) is 20.8 Å². The lowest BCUT2D eigenvalue weighted by molar-refractivity contribution is -0.113. The van der Waals surface area contributed by atoms with Crippen LogP contribution in [-0.2, 0) is 11.8 Å². The molecule has 1 aromatic heterocycles. The van der Waals surface area contributed by atoms with Gasteiger partial charge in [-0.15, -0.1) is 10.2 Å². The van der Waals surface area contributed by atoms with Gasteiger partial charge in [0, 0.05) is 12.7 Å². The molecule has 2 N–H and O–H groups in total. The number of carbonyl (C=O) groups is 2. The molecular weight excluding hydrogens is 422 g/mol. The molecule has 0 spiro atoms. The van der Waals surface area contributed by atoms with Crippen LogP contribution in [0.3, 0.4) is 0 Å². The fourth-order valence-corrected chi connectivity index (χ4v) is 3.78. The molecule has 3 aromatic rings. The molecule has 1 atom stereocenters. The van der Waals surface area contributed by atoms with Crippen molar-refractivity contribution in [3.05, 3.63) is 70.5 Å². The van der Waals surface area contributed by atoms with Gasteiger partial charge in [0.1, 0.15) is 0 Å². The lowest BCUT2D eigenvalue weighted by Crippen LogP contribution is -2.28. The van der Waals surface area contributed by atoms with Crippen LogP contribution in [0, 0.1) is 6.92 Å². The number of para-hydroxylation sites is 1. The van der Waals surface area contributed by atoms with Crippen LogP contribution in [-0.4, -0.2) is 32.3 Å². The van der Waals surface area contributed by atoms with Crippen molar-refractivity contribution in [1.29, 1.82) is 0 Å². The summed E-state index contributed by atoms with van der Waals surface area (Å²) in [4.78, 5) is 24.7. The molecule has 7 nitrogen and oxygen atoms in total. The highest BCUT2D eigenvalue weighted by Crippen LogP contribution is 2.21. The molecule has 0 radical (unpaired) electrons. The molecule has 0 bridgehead atoms. The van der Waals surface area contributed by atoms with Gasteiger partial charge in [-0.25, -0.2) is 0 Å². The average Bonchev–Trinajstić information content (AvgIpc) is 3.09. The minimum Gasteiger partial charge on any atom is -0.342 e. The summed E-state index contributed by atoms with van der Waals surface area (Å²) in [5, 5.41) is 15.1. The third kappa shape index (κ3) is 5.20. The lowest BCUT2D eigenvalue weighted by Gasteiger charge is -2.14. The van der Waals surface area contributed by atoms with Gasteiger partial charge >= 0.3 is 0 Å². The Hall–Kier alpha value is -2.84. The van der Waals surface area contributed by atoms with Crippen molar-refractivity contribution in [3.8, 4) is 0 Å². The zero-order chi connectivity index (χ0) is 21.7. The van der Waals surface area contributed by atoms with Crippen LogP contribution in [0.5, 0.6) is 0 Å². The number of nitrogens with zero attached hydrogens (tertiary/aromatic N) is 3. The summed E-state index contributed by atoms with van der Waals surface area (Å²) >= 11 is 7.37. The quantitative estimate of drug-likeness (QED) is 0.539. The van der Waals surface area contributed by atoms with Gasteiger partial charge in [0.05, 0.1) is 22.4 Å². The Labute approximate surface area is 184 Å². The number of benzene rings is 2. The maximum absolute atomic E-state index is 12.5. The second-order valence-corrected chi connectivity index (χ2v) is 8.08. The molecule has 2 aromatic carbocycles. The number of amides is 2. The molecule has 30 heavy (non-hydrogen) atoms. The molecule has 0 aliphatic carbocycles. The van der Waals surface area contributed by atoms with E-state index in [4.69, 9.17) is 11.6 Å². The van der Waals surface area contributed by atoms with Crippen LogP contribution in [0.25, 0.3) is 0 Å². The van der Waals surface area contributed by atoms with E-state index in [9.17, 15) is 9.59 Å². The fourth-order valence-electron chi connectivity index (χ4n) is 2.84. The number of thioether (sulfide) groups is 1. The summed E-state index contributed by atoms with van der Waals surface area (Å²) in [6, 6.07) is 14.1. The van der Waals surface area contributed by atoms with Gasteiger partial charge in [0.15, 0.2) is 11.0 Å². The number of halogens is 1. The Bertz CT molecular complexity index is 1070. The summed E-state index contributed by atoms with van der Waals surface area (Å²) in [7, 11) is 1.80. The number of aromatic nitrogens is 3. The number of nitrogens with one attached hydrogen (secondary N) is 2. The largest absolute Gasteiger partial charge is 0.342 e. The second kappa shape index (κ2) is 9.77. The Kier molecular flexibility index (Phi) is 7.12. The van der Waals surface area contributed by atoms with Gasteiger partial charge < -0.3 is 15.2 Å². The topological polar surface area (TPSA) is 88.9 Å². The van der Waals surface area contributed by atoms with E-state index in [0.717, 1.165) is 11.3 Å². The third-order valence-electron chi connectivity index (χ3n) is 4.47. The first kappa shape index (κ1) is 21.9. The molecule has 0 aliphatic rings. The van der Waals surface area contributed by atoms with Crippen molar-refractivity contribution in [1.82, 2.24) is 20.1 Å². The van der Waals surface area contributed by atoms with Crippen molar-refractivity contribution in [2.45, 2.75) is 25.0 Å². The van der Waals surface area contributed by atoms with E-state index in [1.165, 1.54) is 11.8 Å². The van der Waals surface area contributed by atoms with E-state index in [-0.39, 0.29) is 23.6 Å². The van der Waals surface area contributed by atoms with Crippen molar-refractivity contribution < 1.29 is 9.59 Å². The molecule has 0 fully saturated rings. The first-order valence-corrected chi connectivity index (χ1v) is 10.7. The molecule has 3 rings (SSSR count). The standard InChI is InChI=1S/C21H22ClN5O2S/c1-13-8-4-7-11-17(13)24-18(28)12-30-21-26-25-19(27(21)3)14(2)23-20(29)15-9-5-6-10-16(15)22/h4-11,14H,12H2,1-3H3,(H,23,29)(H,24,28)/t14-/m0/s1. The molecule has 2 amide bonds. The second-order valence-electron chi connectivity index (χ2n) is 6.73. The van der Waals surface area contributed by atoms with Crippen LogP contribution in [0.4, 0.5) is 5.69 Å². The zero-order valence-corrected chi connectivity index (χ0v) is 18.4. The predicted octanol–water partition coefficient (Wildman–Crippen LogP) is 4.00. The maximum Gasteiger partial charge on any atom is 0.253 e. The lowest BCUT2D eigenvalue weighted by atomic mass is 10.2. The van der Waals surface area contributed by atoms with E-state index >= 15 is 0 Å². The summed E-state index contributed by atoms with van der Waals surface area (Å²) in [5.74, 6) is 0.361. The van der Waals surface area contributed by atoms with Gasteiger partial charge in [-0.05, 0) is 37.6 Å². The van der Waals surface area contributed by atoms with E-state index in [1.54, 1.807) is 35.9 Å². The predicted molar refractivity (Wildman–Crippen MR) is 119 cm³/mol. The van der Waals surface area contributed by atoms with Crippen molar-refractivity contribution in [3.63, 3.8) is 0 Å². The Balaban J connectivity index is 1.60. The molecule has 156 valence electrons. The number of hydrogen-bond acceptors (Lipinski definition) is 5. The highest BCUT2D eigenvalue weighted by atomic mass is 35.5. The smallest absolute Gasteiger partial charge is 0.253 e. The summed E-state index contributed by atoms with van der Waals surface area (Å²) in [6.07, 6.45) is 0. The van der Waals surface area contributed by atoms with E-state index < -0.39 is 0 Å². The maximum atomic E-state index is 12.5. The molecule has 0 unspecified atom stereocenters. The van der Waals surface area contributed by atoms with E-state index in [0.29, 0.717) is 21.6 Å². The van der Waals surface area contributed by atoms with Crippen molar-refractivity contribution >= 4 is 40.9 Å². The van der Waals surface area contributed by atoms with Gasteiger partial charge in [0.2, 0.25) is 5.91 Å². The monoisotopic (exact) mass is 443 g/mol. The number of carbonyl (C=O) groups excluding carboxylic acids is 2. The summed E-state index contributed by atoms with van der Waals surface area (Å²) < 4.78 is 1.77. The minimum absolute atomic E-state index is 0.126. The molecule has 1 heterocycles.